The summed E-state index contributed by atoms with van der Waals surface area (Å²) in [5, 5.41) is 13.6. The molecule has 0 spiro atoms. The average Bonchev–Trinajstić information content (AvgIpc) is 3.22. The number of hydrogen-bond donors (Lipinski definition) is 1. The van der Waals surface area contributed by atoms with Crippen molar-refractivity contribution in [2.45, 2.75) is 24.1 Å². The Morgan fingerprint density at radius 2 is 2.14 bits per heavy atom. The summed E-state index contributed by atoms with van der Waals surface area (Å²) in [5.74, 6) is 0.446. The number of nitrogens with zero attached hydrogens (tertiary/aromatic N) is 8. The fourth-order valence-corrected chi connectivity index (χ4v) is 4.49. The van der Waals surface area contributed by atoms with Crippen LogP contribution in [-0.2, 0) is 15.6 Å². The number of fused-ring (bicyclic) bond motifs is 1. The number of nitriles is 1. The first-order valence-electron chi connectivity index (χ1n) is 8.35. The second kappa shape index (κ2) is 6.16. The van der Waals surface area contributed by atoms with Crippen molar-refractivity contribution in [1.82, 2.24) is 33.7 Å². The molecule has 1 fully saturated rings. The van der Waals surface area contributed by atoms with Gasteiger partial charge in [-0.2, -0.15) is 32.9 Å². The van der Waals surface area contributed by atoms with E-state index in [2.05, 4.69) is 20.2 Å². The average molecular weight is 423 g/mol. The Morgan fingerprint density at radius 3 is 2.79 bits per heavy atom. The first-order chi connectivity index (χ1) is 13.6. The van der Waals surface area contributed by atoms with E-state index in [4.69, 9.17) is 5.73 Å². The summed E-state index contributed by atoms with van der Waals surface area (Å²) >= 11 is 0. The van der Waals surface area contributed by atoms with Gasteiger partial charge in [-0.1, -0.05) is 0 Å². The van der Waals surface area contributed by atoms with Crippen LogP contribution in [0, 0.1) is 11.3 Å². The Hall–Kier alpha value is -3.18. The molecular formula is C15H15F2N9O2S. The zero-order valence-corrected chi connectivity index (χ0v) is 15.9. The van der Waals surface area contributed by atoms with Gasteiger partial charge in [0.15, 0.2) is 11.5 Å². The van der Waals surface area contributed by atoms with Gasteiger partial charge < -0.3 is 5.73 Å². The molecule has 0 saturated carbocycles. The zero-order chi connectivity index (χ0) is 21.0. The van der Waals surface area contributed by atoms with Crippen LogP contribution in [0.25, 0.3) is 17.0 Å². The molecule has 2 N–H and O–H groups in total. The van der Waals surface area contributed by atoms with Crippen molar-refractivity contribution in [2.75, 3.05) is 18.8 Å². The van der Waals surface area contributed by atoms with Crippen LogP contribution in [0.2, 0.25) is 0 Å². The SMILES string of the molecule is CC(F)(F)S(=O)(=O)N1CC(CC#N)(n2cc(-c3nccc4nc(N)nn34)cn2)C1. The number of hydrogen-bond acceptors (Lipinski definition) is 8. The van der Waals surface area contributed by atoms with Gasteiger partial charge in [0, 0.05) is 38.5 Å². The second-order valence-electron chi connectivity index (χ2n) is 6.82. The Bertz CT molecular complexity index is 1230. The quantitative estimate of drug-likeness (QED) is 0.621. The molecule has 0 aromatic carbocycles. The van der Waals surface area contributed by atoms with Crippen molar-refractivity contribution in [3.63, 3.8) is 0 Å². The molecule has 0 atom stereocenters. The van der Waals surface area contributed by atoms with Gasteiger partial charge in [-0.15, -0.1) is 5.10 Å². The molecule has 1 saturated heterocycles. The number of alkyl halides is 2. The molecule has 29 heavy (non-hydrogen) atoms. The lowest BCUT2D eigenvalue weighted by Crippen LogP contribution is -2.66. The van der Waals surface area contributed by atoms with Crippen LogP contribution in [0.5, 0.6) is 0 Å². The lowest BCUT2D eigenvalue weighted by atomic mass is 9.89. The topological polar surface area (TPSA) is 148 Å². The van der Waals surface area contributed by atoms with Gasteiger partial charge in [0.05, 0.1) is 24.3 Å². The molecule has 1 aliphatic rings. The molecule has 4 heterocycles. The number of nitrogens with two attached hydrogens (primary N) is 1. The molecule has 3 aromatic rings. The Labute approximate surface area is 163 Å². The van der Waals surface area contributed by atoms with Crippen molar-refractivity contribution in [1.29, 1.82) is 5.26 Å². The minimum Gasteiger partial charge on any atom is -0.366 e. The maximum absolute atomic E-state index is 13.4. The van der Waals surface area contributed by atoms with Crippen molar-refractivity contribution in [2.24, 2.45) is 0 Å². The van der Waals surface area contributed by atoms with E-state index in [1.165, 1.54) is 21.6 Å². The molecule has 14 heteroatoms. The van der Waals surface area contributed by atoms with Crippen molar-refractivity contribution in [3.8, 4) is 17.5 Å². The van der Waals surface area contributed by atoms with Crippen LogP contribution in [0.3, 0.4) is 0 Å². The number of sulfonamides is 1. The third kappa shape index (κ3) is 2.89. The Balaban J connectivity index is 1.68. The maximum atomic E-state index is 13.4. The number of aromatic nitrogens is 6. The van der Waals surface area contributed by atoms with Gasteiger partial charge in [0.1, 0.15) is 5.54 Å². The minimum absolute atomic E-state index is 0.0629. The number of rotatable bonds is 5. The predicted molar refractivity (Wildman–Crippen MR) is 95.7 cm³/mol. The van der Waals surface area contributed by atoms with Gasteiger partial charge >= 0.3 is 5.25 Å². The molecule has 1 aliphatic heterocycles. The highest BCUT2D eigenvalue weighted by molar-refractivity contribution is 7.90. The summed E-state index contributed by atoms with van der Waals surface area (Å²) in [6, 6.07) is 3.59. The third-order valence-electron chi connectivity index (χ3n) is 4.74. The highest BCUT2D eigenvalue weighted by Crippen LogP contribution is 2.38. The number of nitrogen functional groups attached to an aromatic ring is 1. The predicted octanol–water partition coefficient (Wildman–Crippen LogP) is 0.437. The second-order valence-corrected chi connectivity index (χ2v) is 9.01. The molecule has 3 aromatic heterocycles. The van der Waals surface area contributed by atoms with E-state index in [1.54, 1.807) is 12.3 Å². The molecule has 0 amide bonds. The molecule has 0 radical (unpaired) electrons. The van der Waals surface area contributed by atoms with Gasteiger partial charge in [0.2, 0.25) is 5.95 Å². The summed E-state index contributed by atoms with van der Waals surface area (Å²) in [7, 11) is -4.81. The minimum atomic E-state index is -4.81. The van der Waals surface area contributed by atoms with Crippen molar-refractivity contribution in [3.05, 3.63) is 24.7 Å². The van der Waals surface area contributed by atoms with E-state index >= 15 is 0 Å². The summed E-state index contributed by atoms with van der Waals surface area (Å²) in [6.45, 7) is -0.253. The summed E-state index contributed by atoms with van der Waals surface area (Å²) in [4.78, 5) is 8.29. The number of anilines is 1. The van der Waals surface area contributed by atoms with E-state index in [0.717, 1.165) is 0 Å². The highest BCUT2D eigenvalue weighted by atomic mass is 32.2. The molecule has 4 rings (SSSR count). The third-order valence-corrected chi connectivity index (χ3v) is 6.58. The molecule has 152 valence electrons. The normalized spacial score (nSPS) is 17.2. The standard InChI is InChI=1S/C15H15F2N9O2S/c1-14(16,17)29(27,28)24-8-15(9-24,3-4-18)25-7-10(6-21-25)12-20-5-2-11-22-13(19)23-26(11)12/h2,5-7H,3,8-9H2,1H3,(H2,19,23). The molecular weight excluding hydrogens is 408 g/mol. The van der Waals surface area contributed by atoms with Gasteiger partial charge in [-0.25, -0.2) is 13.4 Å². The first-order valence-corrected chi connectivity index (χ1v) is 9.79. The van der Waals surface area contributed by atoms with E-state index in [-0.39, 0.29) is 25.5 Å². The monoisotopic (exact) mass is 423 g/mol. The van der Waals surface area contributed by atoms with Crippen LogP contribution < -0.4 is 5.73 Å². The molecule has 0 aliphatic carbocycles. The van der Waals surface area contributed by atoms with E-state index in [1.807, 2.05) is 6.07 Å². The smallest absolute Gasteiger partial charge is 0.356 e. The van der Waals surface area contributed by atoms with Crippen LogP contribution in [0.15, 0.2) is 24.7 Å². The van der Waals surface area contributed by atoms with E-state index in [9.17, 15) is 22.5 Å². The maximum Gasteiger partial charge on any atom is 0.356 e. The van der Waals surface area contributed by atoms with E-state index < -0.39 is 20.8 Å². The molecule has 0 unspecified atom stereocenters. The highest BCUT2D eigenvalue weighted by Gasteiger charge is 2.56. The summed E-state index contributed by atoms with van der Waals surface area (Å²) in [6.07, 6.45) is 4.43. The van der Waals surface area contributed by atoms with Gasteiger partial charge in [0.25, 0.3) is 10.0 Å². The fraction of sp³-hybridized carbons (Fsp3) is 0.400. The Morgan fingerprint density at radius 1 is 1.41 bits per heavy atom. The lowest BCUT2D eigenvalue weighted by Gasteiger charge is -2.48. The fourth-order valence-electron chi connectivity index (χ4n) is 3.22. The zero-order valence-electron chi connectivity index (χ0n) is 15.1. The van der Waals surface area contributed by atoms with Crippen molar-refractivity contribution < 1.29 is 17.2 Å². The van der Waals surface area contributed by atoms with Crippen LogP contribution >= 0.6 is 0 Å². The summed E-state index contributed by atoms with van der Waals surface area (Å²) < 4.78 is 54.3. The van der Waals surface area contributed by atoms with Gasteiger partial charge in [-0.3, -0.25) is 4.68 Å². The van der Waals surface area contributed by atoms with E-state index in [0.29, 0.717) is 28.3 Å². The Kier molecular flexibility index (Phi) is 4.07. The van der Waals surface area contributed by atoms with Crippen LogP contribution in [-0.4, -0.2) is 60.4 Å². The summed E-state index contributed by atoms with van der Waals surface area (Å²) in [5.41, 5.74) is 5.55. The van der Waals surface area contributed by atoms with Gasteiger partial charge in [-0.05, 0) is 0 Å². The number of halogens is 2. The molecule has 0 bridgehead atoms. The van der Waals surface area contributed by atoms with Crippen LogP contribution in [0.1, 0.15) is 13.3 Å². The first kappa shape index (κ1) is 19.2. The lowest BCUT2D eigenvalue weighted by molar-refractivity contribution is 0.0464. The molecule has 11 nitrogen and oxygen atoms in total. The largest absolute Gasteiger partial charge is 0.366 e. The van der Waals surface area contributed by atoms with Crippen LogP contribution in [0.4, 0.5) is 14.7 Å². The van der Waals surface area contributed by atoms with Crippen molar-refractivity contribution >= 4 is 21.6 Å².